The number of nitrogens with zero attached hydrogens (tertiary/aromatic N) is 2. The third-order valence-electron chi connectivity index (χ3n) is 4.42. The molecule has 6 nitrogen and oxygen atoms in total. The number of piperidine rings is 1. The van der Waals surface area contributed by atoms with Gasteiger partial charge >= 0.3 is 12.0 Å². The Bertz CT molecular complexity index is 824. The predicted octanol–water partition coefficient (Wildman–Crippen LogP) is 4.02. The fraction of sp³-hybridized carbons (Fsp3) is 0.389. The van der Waals surface area contributed by atoms with E-state index in [4.69, 9.17) is 16.7 Å². The summed E-state index contributed by atoms with van der Waals surface area (Å²) in [6.07, 6.45) is 2.01. The zero-order chi connectivity index (χ0) is 18.7. The van der Waals surface area contributed by atoms with Crippen molar-refractivity contribution in [2.45, 2.75) is 26.2 Å². The fourth-order valence-electron chi connectivity index (χ4n) is 3.01. The molecule has 0 bridgehead atoms. The molecule has 3 rings (SSSR count). The lowest BCUT2D eigenvalue weighted by Gasteiger charge is -2.30. The molecule has 138 valence electrons. The van der Waals surface area contributed by atoms with Crippen LogP contribution in [-0.4, -0.2) is 40.1 Å². The number of aromatic nitrogens is 1. The highest BCUT2D eigenvalue weighted by Crippen LogP contribution is 2.27. The first kappa shape index (κ1) is 18.7. The van der Waals surface area contributed by atoms with Gasteiger partial charge in [0, 0.05) is 29.4 Å². The Morgan fingerprint density at radius 2 is 2.27 bits per heavy atom. The number of rotatable bonds is 4. The second-order valence-electron chi connectivity index (χ2n) is 6.39. The van der Waals surface area contributed by atoms with Crippen molar-refractivity contribution in [3.8, 4) is 0 Å². The Hall–Kier alpha value is -2.12. The van der Waals surface area contributed by atoms with Gasteiger partial charge in [-0.1, -0.05) is 23.7 Å². The molecule has 0 radical (unpaired) electrons. The average molecular weight is 394 g/mol. The number of carbonyl (C=O) groups excluding carboxylic acids is 1. The molecule has 1 aromatic heterocycles. The number of anilines is 1. The highest BCUT2D eigenvalue weighted by Gasteiger charge is 2.28. The molecule has 26 heavy (non-hydrogen) atoms. The maximum Gasteiger partial charge on any atom is 0.323 e. The highest BCUT2D eigenvalue weighted by molar-refractivity contribution is 7.15. The fourth-order valence-corrected chi connectivity index (χ4v) is 4.21. The Morgan fingerprint density at radius 3 is 3.00 bits per heavy atom. The molecule has 1 unspecified atom stereocenters. The zero-order valence-electron chi connectivity index (χ0n) is 14.4. The molecule has 0 saturated carbocycles. The van der Waals surface area contributed by atoms with Crippen LogP contribution in [0.5, 0.6) is 0 Å². The SMILES string of the molecule is Cc1nc(NC(=O)N2CCCC(C(=O)O)C2)sc1Cc1cccc(Cl)c1. The van der Waals surface area contributed by atoms with Crippen molar-refractivity contribution >= 4 is 40.1 Å². The summed E-state index contributed by atoms with van der Waals surface area (Å²) in [6, 6.07) is 7.37. The van der Waals surface area contributed by atoms with E-state index in [1.54, 1.807) is 4.90 Å². The van der Waals surface area contributed by atoms with Crippen LogP contribution in [-0.2, 0) is 11.2 Å². The number of carbonyl (C=O) groups is 2. The topological polar surface area (TPSA) is 82.5 Å². The number of urea groups is 1. The maximum atomic E-state index is 12.4. The minimum absolute atomic E-state index is 0.237. The van der Waals surface area contributed by atoms with Crippen LogP contribution >= 0.6 is 22.9 Å². The van der Waals surface area contributed by atoms with Crippen molar-refractivity contribution in [2.24, 2.45) is 5.92 Å². The van der Waals surface area contributed by atoms with Gasteiger partial charge in [-0.2, -0.15) is 0 Å². The van der Waals surface area contributed by atoms with Gasteiger partial charge in [0.15, 0.2) is 5.13 Å². The third kappa shape index (κ3) is 4.53. The second kappa shape index (κ2) is 8.05. The number of aliphatic carboxylic acids is 1. The summed E-state index contributed by atoms with van der Waals surface area (Å²) in [4.78, 5) is 30.6. The molecule has 2 aromatic rings. The Morgan fingerprint density at radius 1 is 1.46 bits per heavy atom. The van der Waals surface area contributed by atoms with E-state index >= 15 is 0 Å². The molecule has 8 heteroatoms. The molecule has 1 aliphatic rings. The van der Waals surface area contributed by atoms with Crippen molar-refractivity contribution in [3.05, 3.63) is 45.4 Å². The first-order valence-electron chi connectivity index (χ1n) is 8.42. The van der Waals surface area contributed by atoms with E-state index in [9.17, 15) is 9.59 Å². The van der Waals surface area contributed by atoms with Gasteiger partial charge in [0.25, 0.3) is 0 Å². The number of nitrogens with one attached hydrogen (secondary N) is 1. The summed E-state index contributed by atoms with van der Waals surface area (Å²) in [5.41, 5.74) is 1.95. The van der Waals surface area contributed by atoms with Crippen LogP contribution < -0.4 is 5.32 Å². The summed E-state index contributed by atoms with van der Waals surface area (Å²) in [5, 5.41) is 13.2. The third-order valence-corrected chi connectivity index (χ3v) is 5.73. The average Bonchev–Trinajstić information content (AvgIpc) is 2.94. The van der Waals surface area contributed by atoms with E-state index < -0.39 is 11.9 Å². The Balaban J connectivity index is 1.65. The monoisotopic (exact) mass is 393 g/mol. The lowest BCUT2D eigenvalue weighted by molar-refractivity contribution is -0.143. The molecule has 1 aliphatic heterocycles. The van der Waals surface area contributed by atoms with E-state index in [1.165, 1.54) is 11.3 Å². The van der Waals surface area contributed by atoms with Gasteiger partial charge in [-0.05, 0) is 37.5 Å². The summed E-state index contributed by atoms with van der Waals surface area (Å²) >= 11 is 7.46. The first-order chi connectivity index (χ1) is 12.4. The number of benzene rings is 1. The predicted molar refractivity (Wildman–Crippen MR) is 102 cm³/mol. The summed E-state index contributed by atoms with van der Waals surface area (Å²) in [7, 11) is 0. The first-order valence-corrected chi connectivity index (χ1v) is 9.61. The van der Waals surface area contributed by atoms with E-state index in [0.717, 1.165) is 16.1 Å². The Labute approximate surface area is 160 Å². The number of hydrogen-bond acceptors (Lipinski definition) is 4. The molecular formula is C18H20ClN3O3S. The molecule has 2 N–H and O–H groups in total. The largest absolute Gasteiger partial charge is 0.481 e. The minimum Gasteiger partial charge on any atom is -0.481 e. The molecule has 2 amide bonds. The number of likely N-dealkylation sites (tertiary alicyclic amines) is 1. The molecule has 2 heterocycles. The molecular weight excluding hydrogens is 374 g/mol. The van der Waals surface area contributed by atoms with Gasteiger partial charge in [0.2, 0.25) is 0 Å². The van der Waals surface area contributed by atoms with E-state index in [0.29, 0.717) is 36.0 Å². The van der Waals surface area contributed by atoms with Crippen molar-refractivity contribution in [1.82, 2.24) is 9.88 Å². The number of halogens is 1. The number of carboxylic acid groups (broad SMARTS) is 1. The van der Waals surface area contributed by atoms with Crippen LogP contribution in [0.15, 0.2) is 24.3 Å². The van der Waals surface area contributed by atoms with Crippen molar-refractivity contribution in [2.75, 3.05) is 18.4 Å². The van der Waals surface area contributed by atoms with E-state index in [1.807, 2.05) is 31.2 Å². The van der Waals surface area contributed by atoms with Gasteiger partial charge in [-0.3, -0.25) is 10.1 Å². The van der Waals surface area contributed by atoms with Gasteiger partial charge in [-0.15, -0.1) is 11.3 Å². The quantitative estimate of drug-likeness (QED) is 0.821. The van der Waals surface area contributed by atoms with E-state index in [-0.39, 0.29) is 12.6 Å². The van der Waals surface area contributed by atoms with Gasteiger partial charge in [0.05, 0.1) is 11.6 Å². The lowest BCUT2D eigenvalue weighted by Crippen LogP contribution is -2.44. The van der Waals surface area contributed by atoms with Crippen LogP contribution in [0.25, 0.3) is 0 Å². The molecule has 1 saturated heterocycles. The number of thiazole rings is 1. The smallest absolute Gasteiger partial charge is 0.323 e. The Kier molecular flexibility index (Phi) is 5.78. The lowest BCUT2D eigenvalue weighted by atomic mass is 9.99. The van der Waals surface area contributed by atoms with Crippen LogP contribution in [0.3, 0.4) is 0 Å². The van der Waals surface area contributed by atoms with Crippen LogP contribution in [0.1, 0.15) is 29.0 Å². The van der Waals surface area contributed by atoms with Gasteiger partial charge in [0.1, 0.15) is 0 Å². The van der Waals surface area contributed by atoms with Crippen LogP contribution in [0, 0.1) is 12.8 Å². The van der Waals surface area contributed by atoms with E-state index in [2.05, 4.69) is 10.3 Å². The highest BCUT2D eigenvalue weighted by atomic mass is 35.5. The number of amides is 2. The standard InChI is InChI=1S/C18H20ClN3O3S/c1-11-15(9-12-4-2-6-14(19)8-12)26-17(20-11)21-18(25)22-7-3-5-13(10-22)16(23)24/h2,4,6,8,13H,3,5,7,9-10H2,1H3,(H,23,24)(H,20,21,25). The van der Waals surface area contributed by atoms with Gasteiger partial charge < -0.3 is 10.0 Å². The maximum absolute atomic E-state index is 12.4. The molecule has 1 aromatic carbocycles. The van der Waals surface area contributed by atoms with Crippen LogP contribution in [0.2, 0.25) is 5.02 Å². The molecule has 0 aliphatic carbocycles. The number of hydrogen-bond donors (Lipinski definition) is 2. The molecule has 0 spiro atoms. The molecule has 1 atom stereocenters. The zero-order valence-corrected chi connectivity index (χ0v) is 15.9. The normalized spacial score (nSPS) is 17.2. The van der Waals surface area contributed by atoms with Crippen molar-refractivity contribution < 1.29 is 14.7 Å². The number of carboxylic acids is 1. The summed E-state index contributed by atoms with van der Waals surface area (Å²) < 4.78 is 0. The minimum atomic E-state index is -0.851. The van der Waals surface area contributed by atoms with Gasteiger partial charge in [-0.25, -0.2) is 9.78 Å². The number of aryl methyl sites for hydroxylation is 1. The molecule has 1 fully saturated rings. The second-order valence-corrected chi connectivity index (χ2v) is 7.91. The van der Waals surface area contributed by atoms with Crippen molar-refractivity contribution in [3.63, 3.8) is 0 Å². The summed E-state index contributed by atoms with van der Waals surface area (Å²) in [5.74, 6) is -1.35. The van der Waals surface area contributed by atoms with Crippen LogP contribution in [0.4, 0.5) is 9.93 Å². The summed E-state index contributed by atoms with van der Waals surface area (Å²) in [6.45, 7) is 2.71. The van der Waals surface area contributed by atoms with Crippen molar-refractivity contribution in [1.29, 1.82) is 0 Å².